The zero-order chi connectivity index (χ0) is 36.7. The normalized spacial score (nSPS) is 13.1. The van der Waals surface area contributed by atoms with Crippen LogP contribution >= 0.6 is 11.3 Å². The number of hydrogen-bond acceptors (Lipinski definition) is 2. The summed E-state index contributed by atoms with van der Waals surface area (Å²) < 4.78 is 2.70. The zero-order valence-electron chi connectivity index (χ0n) is 30.8. The molecule has 1 aromatic heterocycles. The van der Waals surface area contributed by atoms with Gasteiger partial charge >= 0.3 is 0 Å². The van der Waals surface area contributed by atoms with Crippen LogP contribution in [0.4, 0.5) is 17.1 Å². The standard InChI is InChI=1S/C53H37NS/c1-53(2)49-16-7-5-12-44(49)45-29-28-41(33-50(45)53)54(39-24-20-35(21-25-39)38-19-18-34-10-3-4-11-37(34)32-38)40-26-22-36(23-27-40)42-14-9-15-47-43(42)30-31-48-46-13-6-8-17-51(46)55-52(47)48/h3-33H,1-2H3. The summed E-state index contributed by atoms with van der Waals surface area (Å²) in [6.45, 7) is 4.71. The Morgan fingerprint density at radius 1 is 0.382 bits per heavy atom. The van der Waals surface area contributed by atoms with Gasteiger partial charge in [0.25, 0.3) is 0 Å². The molecule has 0 saturated carbocycles. The molecule has 1 heterocycles. The largest absolute Gasteiger partial charge is 0.310 e. The number of nitrogens with zero attached hydrogens (tertiary/aromatic N) is 1. The molecule has 11 rings (SSSR count). The SMILES string of the molecule is CC1(C)c2ccccc2-c2ccc(N(c3ccc(-c4ccc5ccccc5c4)cc3)c3ccc(-c4cccc5c4ccc4c6ccccc6sc54)cc3)cc21. The maximum Gasteiger partial charge on any atom is 0.0465 e. The molecule has 0 radical (unpaired) electrons. The van der Waals surface area contributed by atoms with Crippen molar-refractivity contribution in [2.75, 3.05) is 4.90 Å². The number of rotatable bonds is 5. The number of fused-ring (bicyclic) bond motifs is 9. The van der Waals surface area contributed by atoms with Crippen molar-refractivity contribution in [3.63, 3.8) is 0 Å². The van der Waals surface area contributed by atoms with Gasteiger partial charge < -0.3 is 4.90 Å². The van der Waals surface area contributed by atoms with Crippen molar-refractivity contribution in [1.29, 1.82) is 0 Å². The number of anilines is 3. The lowest BCUT2D eigenvalue weighted by molar-refractivity contribution is 0.660. The summed E-state index contributed by atoms with van der Waals surface area (Å²) in [7, 11) is 0. The van der Waals surface area contributed by atoms with E-state index in [1.165, 1.54) is 86.2 Å². The van der Waals surface area contributed by atoms with Crippen LogP contribution in [-0.4, -0.2) is 0 Å². The summed E-state index contributed by atoms with van der Waals surface area (Å²) >= 11 is 1.89. The van der Waals surface area contributed by atoms with E-state index in [-0.39, 0.29) is 5.41 Å². The average molecular weight is 720 g/mol. The van der Waals surface area contributed by atoms with Gasteiger partial charge in [-0.05, 0) is 109 Å². The molecule has 55 heavy (non-hydrogen) atoms. The first-order chi connectivity index (χ1) is 27.0. The van der Waals surface area contributed by atoms with Crippen LogP contribution in [-0.2, 0) is 5.41 Å². The van der Waals surface area contributed by atoms with Gasteiger partial charge in [0.1, 0.15) is 0 Å². The topological polar surface area (TPSA) is 3.24 Å². The summed E-state index contributed by atoms with van der Waals surface area (Å²) in [6, 6.07) is 69.6. The summed E-state index contributed by atoms with van der Waals surface area (Å²) in [5.74, 6) is 0. The third-order valence-electron chi connectivity index (χ3n) is 11.9. The predicted molar refractivity (Wildman–Crippen MR) is 237 cm³/mol. The van der Waals surface area contributed by atoms with Gasteiger partial charge in [-0.15, -0.1) is 11.3 Å². The molecule has 1 nitrogen and oxygen atoms in total. The van der Waals surface area contributed by atoms with Crippen molar-refractivity contribution < 1.29 is 0 Å². The van der Waals surface area contributed by atoms with E-state index < -0.39 is 0 Å². The third kappa shape index (κ3) is 5.06. The van der Waals surface area contributed by atoms with Crippen LogP contribution in [0.2, 0.25) is 0 Å². The summed E-state index contributed by atoms with van der Waals surface area (Å²) in [4.78, 5) is 2.41. The van der Waals surface area contributed by atoms with Crippen LogP contribution in [0.25, 0.3) is 75.1 Å². The second-order valence-electron chi connectivity index (χ2n) is 15.3. The molecule has 9 aromatic carbocycles. The van der Waals surface area contributed by atoms with Crippen molar-refractivity contribution >= 4 is 70.1 Å². The van der Waals surface area contributed by atoms with Gasteiger partial charge in [0.15, 0.2) is 0 Å². The van der Waals surface area contributed by atoms with Crippen molar-refractivity contribution in [2.45, 2.75) is 19.3 Å². The van der Waals surface area contributed by atoms with Gasteiger partial charge in [0, 0.05) is 48.0 Å². The molecule has 0 amide bonds. The second kappa shape index (κ2) is 12.3. The van der Waals surface area contributed by atoms with Crippen LogP contribution in [0.5, 0.6) is 0 Å². The molecule has 10 aromatic rings. The van der Waals surface area contributed by atoms with E-state index in [1.807, 2.05) is 11.3 Å². The van der Waals surface area contributed by atoms with Gasteiger partial charge in [-0.1, -0.05) is 153 Å². The van der Waals surface area contributed by atoms with E-state index in [9.17, 15) is 0 Å². The minimum absolute atomic E-state index is 0.0917. The molecule has 0 N–H and O–H groups in total. The Balaban J connectivity index is 1.02. The van der Waals surface area contributed by atoms with E-state index in [0.29, 0.717) is 0 Å². The van der Waals surface area contributed by atoms with Gasteiger partial charge in [0.05, 0.1) is 0 Å². The Labute approximate surface area is 325 Å². The molecule has 0 bridgehead atoms. The second-order valence-corrected chi connectivity index (χ2v) is 16.4. The number of thiophene rings is 1. The van der Waals surface area contributed by atoms with E-state index >= 15 is 0 Å². The van der Waals surface area contributed by atoms with Crippen LogP contribution in [0, 0.1) is 0 Å². The molecule has 0 fully saturated rings. The van der Waals surface area contributed by atoms with E-state index in [2.05, 4.69) is 207 Å². The quantitative estimate of drug-likeness (QED) is 0.171. The molecule has 0 saturated heterocycles. The Bertz CT molecular complexity index is 3110. The van der Waals surface area contributed by atoms with E-state index in [1.54, 1.807) is 0 Å². The molecule has 1 aliphatic carbocycles. The van der Waals surface area contributed by atoms with E-state index in [0.717, 1.165) is 17.1 Å². The van der Waals surface area contributed by atoms with Crippen LogP contribution in [0.15, 0.2) is 188 Å². The summed E-state index contributed by atoms with van der Waals surface area (Å²) in [6.07, 6.45) is 0. The van der Waals surface area contributed by atoms with Crippen molar-refractivity contribution in [3.05, 3.63) is 199 Å². The van der Waals surface area contributed by atoms with Crippen LogP contribution in [0.3, 0.4) is 0 Å². The van der Waals surface area contributed by atoms with Gasteiger partial charge in [-0.2, -0.15) is 0 Å². The van der Waals surface area contributed by atoms with Gasteiger partial charge in [0.2, 0.25) is 0 Å². The number of benzene rings is 9. The fraction of sp³-hybridized carbons (Fsp3) is 0.0566. The first-order valence-corrected chi connectivity index (χ1v) is 19.9. The lowest BCUT2D eigenvalue weighted by Crippen LogP contribution is -2.16. The molecule has 0 spiro atoms. The molecular weight excluding hydrogens is 683 g/mol. The Morgan fingerprint density at radius 2 is 0.982 bits per heavy atom. The molecular formula is C53H37NS. The predicted octanol–water partition coefficient (Wildman–Crippen LogP) is 15.5. The monoisotopic (exact) mass is 719 g/mol. The Hall–Kier alpha value is -6.48. The lowest BCUT2D eigenvalue weighted by Gasteiger charge is -2.28. The Morgan fingerprint density at radius 3 is 1.82 bits per heavy atom. The zero-order valence-corrected chi connectivity index (χ0v) is 31.6. The van der Waals surface area contributed by atoms with E-state index in [4.69, 9.17) is 0 Å². The molecule has 0 aliphatic heterocycles. The maximum atomic E-state index is 2.42. The van der Waals surface area contributed by atoms with Crippen molar-refractivity contribution in [2.24, 2.45) is 0 Å². The van der Waals surface area contributed by atoms with Crippen molar-refractivity contribution in [3.8, 4) is 33.4 Å². The fourth-order valence-electron chi connectivity index (χ4n) is 9.03. The highest BCUT2D eigenvalue weighted by Crippen LogP contribution is 2.51. The summed E-state index contributed by atoms with van der Waals surface area (Å²) in [5, 5.41) is 7.79. The van der Waals surface area contributed by atoms with Crippen LogP contribution < -0.4 is 4.90 Å². The third-order valence-corrected chi connectivity index (χ3v) is 13.1. The molecule has 1 aliphatic rings. The van der Waals surface area contributed by atoms with Crippen LogP contribution in [0.1, 0.15) is 25.0 Å². The highest BCUT2D eigenvalue weighted by atomic mass is 32.1. The minimum Gasteiger partial charge on any atom is -0.310 e. The Kier molecular flexibility index (Phi) is 7.14. The fourth-order valence-corrected chi connectivity index (χ4v) is 10.3. The molecule has 0 atom stereocenters. The first kappa shape index (κ1) is 32.0. The van der Waals surface area contributed by atoms with Crippen molar-refractivity contribution in [1.82, 2.24) is 0 Å². The highest BCUT2D eigenvalue weighted by molar-refractivity contribution is 7.26. The number of hydrogen-bond donors (Lipinski definition) is 0. The maximum absolute atomic E-state index is 2.42. The molecule has 0 unspecified atom stereocenters. The lowest BCUT2D eigenvalue weighted by atomic mass is 9.82. The smallest absolute Gasteiger partial charge is 0.0465 e. The van der Waals surface area contributed by atoms with Gasteiger partial charge in [-0.25, -0.2) is 0 Å². The first-order valence-electron chi connectivity index (χ1n) is 19.1. The molecule has 260 valence electrons. The average Bonchev–Trinajstić information content (AvgIpc) is 3.73. The minimum atomic E-state index is -0.0917. The van der Waals surface area contributed by atoms with Gasteiger partial charge in [-0.3, -0.25) is 0 Å². The molecule has 2 heteroatoms. The summed E-state index contributed by atoms with van der Waals surface area (Å²) in [5.41, 5.74) is 13.6. The highest BCUT2D eigenvalue weighted by Gasteiger charge is 2.35.